The smallest absolute Gasteiger partial charge is 0.231 e. The molecule has 1 heterocycles. The van der Waals surface area contributed by atoms with Crippen LogP contribution in [0, 0.1) is 0 Å². The maximum absolute atomic E-state index is 5.21. The van der Waals surface area contributed by atoms with Gasteiger partial charge in [0, 0.05) is 7.11 Å². The second-order valence-corrected chi connectivity index (χ2v) is 2.62. The number of methoxy groups -OCH3 is 1. The zero-order chi connectivity index (χ0) is 8.39. The normalized spacial score (nSPS) is 13.4. The van der Waals surface area contributed by atoms with E-state index in [-0.39, 0.29) is 0 Å². The number of rotatable bonds is 2. The van der Waals surface area contributed by atoms with Crippen LogP contribution in [0.5, 0.6) is 11.5 Å². The molecule has 12 heavy (non-hydrogen) atoms. The fourth-order valence-electron chi connectivity index (χ4n) is 1.20. The molecule has 0 atom stereocenters. The van der Waals surface area contributed by atoms with E-state index in [0.717, 1.165) is 17.1 Å². The predicted molar refractivity (Wildman–Crippen MR) is 43.3 cm³/mol. The van der Waals surface area contributed by atoms with Gasteiger partial charge < -0.3 is 14.2 Å². The van der Waals surface area contributed by atoms with Crippen molar-refractivity contribution in [1.29, 1.82) is 0 Å². The summed E-state index contributed by atoms with van der Waals surface area (Å²) in [6.45, 7) is 0.933. The molecule has 0 amide bonds. The van der Waals surface area contributed by atoms with Crippen LogP contribution < -0.4 is 9.47 Å². The Hall–Kier alpha value is -1.22. The number of benzene rings is 1. The van der Waals surface area contributed by atoms with Crippen molar-refractivity contribution in [3.05, 3.63) is 23.8 Å². The predicted octanol–water partition coefficient (Wildman–Crippen LogP) is 1.56. The van der Waals surface area contributed by atoms with Crippen LogP contribution in [0.3, 0.4) is 0 Å². The molecule has 1 aromatic carbocycles. The Kier molecular flexibility index (Phi) is 1.87. The maximum atomic E-state index is 5.21. The molecule has 0 aliphatic carbocycles. The first kappa shape index (κ1) is 7.43. The molecule has 3 nitrogen and oxygen atoms in total. The van der Waals surface area contributed by atoms with E-state index in [2.05, 4.69) is 0 Å². The second kappa shape index (κ2) is 3.03. The molecule has 0 bridgehead atoms. The molecule has 1 aliphatic rings. The molecule has 0 saturated carbocycles. The van der Waals surface area contributed by atoms with Crippen LogP contribution in [-0.2, 0) is 11.3 Å². The lowest BCUT2D eigenvalue weighted by atomic mass is 10.2. The third-order valence-corrected chi connectivity index (χ3v) is 1.75. The second-order valence-electron chi connectivity index (χ2n) is 2.62. The van der Waals surface area contributed by atoms with E-state index in [0.29, 0.717) is 13.4 Å². The minimum atomic E-state index is 0.325. The summed E-state index contributed by atoms with van der Waals surface area (Å²) in [7, 11) is 1.67. The average molecular weight is 166 g/mol. The van der Waals surface area contributed by atoms with Gasteiger partial charge in [-0.3, -0.25) is 0 Å². The first-order valence-electron chi connectivity index (χ1n) is 3.77. The Morgan fingerprint density at radius 1 is 1.33 bits per heavy atom. The molecule has 3 heteroatoms. The zero-order valence-corrected chi connectivity index (χ0v) is 6.87. The van der Waals surface area contributed by atoms with Crippen LogP contribution in [0.2, 0.25) is 0 Å². The largest absolute Gasteiger partial charge is 0.454 e. The molecular weight excluding hydrogens is 156 g/mol. The number of ether oxygens (including phenoxy) is 3. The molecule has 64 valence electrons. The topological polar surface area (TPSA) is 27.7 Å². The Morgan fingerprint density at radius 2 is 2.17 bits per heavy atom. The molecular formula is C9H10O3. The minimum Gasteiger partial charge on any atom is -0.454 e. The van der Waals surface area contributed by atoms with E-state index in [1.807, 2.05) is 18.2 Å². The van der Waals surface area contributed by atoms with Crippen molar-refractivity contribution in [3.63, 3.8) is 0 Å². The van der Waals surface area contributed by atoms with Gasteiger partial charge in [0.05, 0.1) is 6.61 Å². The molecule has 0 fully saturated rings. The van der Waals surface area contributed by atoms with E-state index < -0.39 is 0 Å². The van der Waals surface area contributed by atoms with E-state index >= 15 is 0 Å². The van der Waals surface area contributed by atoms with E-state index in [9.17, 15) is 0 Å². The van der Waals surface area contributed by atoms with E-state index in [1.165, 1.54) is 0 Å². The third kappa shape index (κ3) is 1.23. The van der Waals surface area contributed by atoms with Crippen LogP contribution in [-0.4, -0.2) is 13.9 Å². The summed E-state index contributed by atoms with van der Waals surface area (Å²) in [5.74, 6) is 1.62. The molecule has 0 aromatic heterocycles. The zero-order valence-electron chi connectivity index (χ0n) is 6.87. The number of fused-ring (bicyclic) bond motifs is 1. The van der Waals surface area contributed by atoms with Gasteiger partial charge in [0.1, 0.15) is 0 Å². The summed E-state index contributed by atoms with van der Waals surface area (Å²) in [6, 6.07) is 5.81. The highest BCUT2D eigenvalue weighted by Crippen LogP contribution is 2.32. The van der Waals surface area contributed by atoms with Gasteiger partial charge in [-0.1, -0.05) is 6.07 Å². The van der Waals surface area contributed by atoms with Gasteiger partial charge in [-0.25, -0.2) is 0 Å². The van der Waals surface area contributed by atoms with Crippen LogP contribution >= 0.6 is 0 Å². The molecule has 0 N–H and O–H groups in total. The summed E-state index contributed by atoms with van der Waals surface area (Å²) < 4.78 is 15.4. The molecule has 0 unspecified atom stereocenters. The van der Waals surface area contributed by atoms with Crippen molar-refractivity contribution in [2.24, 2.45) is 0 Å². The van der Waals surface area contributed by atoms with Gasteiger partial charge in [0.15, 0.2) is 11.5 Å². The van der Waals surface area contributed by atoms with Crippen molar-refractivity contribution in [2.75, 3.05) is 13.9 Å². The third-order valence-electron chi connectivity index (χ3n) is 1.75. The van der Waals surface area contributed by atoms with Crippen molar-refractivity contribution in [2.45, 2.75) is 6.61 Å². The molecule has 0 saturated heterocycles. The fourth-order valence-corrected chi connectivity index (χ4v) is 1.20. The SMILES string of the molecule is COCc1ccc2c(c1)OCO2. The number of hydrogen-bond acceptors (Lipinski definition) is 3. The van der Waals surface area contributed by atoms with Gasteiger partial charge in [0.25, 0.3) is 0 Å². The van der Waals surface area contributed by atoms with Gasteiger partial charge in [0.2, 0.25) is 6.79 Å². The minimum absolute atomic E-state index is 0.325. The molecule has 0 radical (unpaired) electrons. The Labute approximate surface area is 70.9 Å². The highest BCUT2D eigenvalue weighted by Gasteiger charge is 2.12. The fraction of sp³-hybridized carbons (Fsp3) is 0.333. The quantitative estimate of drug-likeness (QED) is 0.667. The summed E-state index contributed by atoms with van der Waals surface area (Å²) >= 11 is 0. The Morgan fingerprint density at radius 3 is 3.00 bits per heavy atom. The lowest BCUT2D eigenvalue weighted by Gasteiger charge is -2.00. The maximum Gasteiger partial charge on any atom is 0.231 e. The van der Waals surface area contributed by atoms with E-state index in [4.69, 9.17) is 14.2 Å². The first-order valence-corrected chi connectivity index (χ1v) is 3.77. The molecule has 0 spiro atoms. The van der Waals surface area contributed by atoms with Crippen molar-refractivity contribution >= 4 is 0 Å². The average Bonchev–Trinajstić information content (AvgIpc) is 2.51. The molecule has 1 aliphatic heterocycles. The molecule has 2 rings (SSSR count). The van der Waals surface area contributed by atoms with Crippen LogP contribution in [0.1, 0.15) is 5.56 Å². The van der Waals surface area contributed by atoms with Gasteiger partial charge in [-0.15, -0.1) is 0 Å². The van der Waals surface area contributed by atoms with Gasteiger partial charge >= 0.3 is 0 Å². The molecule has 1 aromatic rings. The number of hydrogen-bond donors (Lipinski definition) is 0. The lowest BCUT2D eigenvalue weighted by molar-refractivity contribution is 0.173. The summed E-state index contributed by atoms with van der Waals surface area (Å²) in [5, 5.41) is 0. The lowest BCUT2D eigenvalue weighted by Crippen LogP contribution is -1.93. The Balaban J connectivity index is 2.26. The van der Waals surface area contributed by atoms with Crippen molar-refractivity contribution < 1.29 is 14.2 Å². The van der Waals surface area contributed by atoms with E-state index in [1.54, 1.807) is 7.11 Å². The van der Waals surface area contributed by atoms with Crippen molar-refractivity contribution in [3.8, 4) is 11.5 Å². The standard InChI is InChI=1S/C9H10O3/c1-10-5-7-2-3-8-9(4-7)12-6-11-8/h2-4H,5-6H2,1H3. The first-order chi connectivity index (χ1) is 5.90. The van der Waals surface area contributed by atoms with Crippen molar-refractivity contribution in [1.82, 2.24) is 0 Å². The monoisotopic (exact) mass is 166 g/mol. The summed E-state index contributed by atoms with van der Waals surface area (Å²) in [4.78, 5) is 0. The van der Waals surface area contributed by atoms with Crippen LogP contribution in [0.25, 0.3) is 0 Å². The Bertz CT molecular complexity index is 283. The summed E-state index contributed by atoms with van der Waals surface area (Å²) in [6.07, 6.45) is 0. The van der Waals surface area contributed by atoms with Crippen LogP contribution in [0.4, 0.5) is 0 Å². The highest BCUT2D eigenvalue weighted by molar-refractivity contribution is 5.44. The van der Waals surface area contributed by atoms with Gasteiger partial charge in [-0.05, 0) is 17.7 Å². The summed E-state index contributed by atoms with van der Waals surface area (Å²) in [5.41, 5.74) is 1.10. The van der Waals surface area contributed by atoms with Crippen LogP contribution in [0.15, 0.2) is 18.2 Å². The highest BCUT2D eigenvalue weighted by atomic mass is 16.7. The van der Waals surface area contributed by atoms with Gasteiger partial charge in [-0.2, -0.15) is 0 Å².